The summed E-state index contributed by atoms with van der Waals surface area (Å²) in [5.41, 5.74) is 0. The SMILES string of the molecule is ClCC(Cl)CCl.OCC(O)CO. The van der Waals surface area contributed by atoms with Crippen molar-refractivity contribution in [3.8, 4) is 0 Å². The number of hydrogen-bond acceptors (Lipinski definition) is 3. The van der Waals surface area contributed by atoms with Gasteiger partial charge in [0.25, 0.3) is 0 Å². The van der Waals surface area contributed by atoms with Crippen molar-refractivity contribution in [2.75, 3.05) is 25.0 Å². The third-order valence-electron chi connectivity index (χ3n) is 0.756. The van der Waals surface area contributed by atoms with E-state index in [2.05, 4.69) is 0 Å². The highest BCUT2D eigenvalue weighted by molar-refractivity contribution is 6.32. The Bertz CT molecular complexity index is 66.4. The summed E-state index contributed by atoms with van der Waals surface area (Å²) in [6, 6.07) is 0. The molecule has 0 aromatic heterocycles. The normalized spacial score (nSPS) is 10.0. The predicted octanol–water partition coefficient (Wildman–Crippen LogP) is 0.403. The molecule has 0 saturated carbocycles. The predicted molar refractivity (Wildman–Crippen MR) is 51.3 cm³/mol. The lowest BCUT2D eigenvalue weighted by molar-refractivity contribution is 0.0450. The number of rotatable bonds is 4. The summed E-state index contributed by atoms with van der Waals surface area (Å²) in [4.78, 5) is 0. The minimum atomic E-state index is -0.954. The van der Waals surface area contributed by atoms with E-state index in [0.717, 1.165) is 0 Å². The van der Waals surface area contributed by atoms with Gasteiger partial charge in [0.2, 0.25) is 0 Å². The van der Waals surface area contributed by atoms with Crippen molar-refractivity contribution in [2.45, 2.75) is 11.5 Å². The number of aliphatic hydroxyl groups is 3. The van der Waals surface area contributed by atoms with E-state index < -0.39 is 6.10 Å². The molecule has 76 valence electrons. The second kappa shape index (κ2) is 11.8. The van der Waals surface area contributed by atoms with Gasteiger partial charge in [0.15, 0.2) is 0 Å². The van der Waals surface area contributed by atoms with E-state index >= 15 is 0 Å². The highest BCUT2D eigenvalue weighted by atomic mass is 35.5. The van der Waals surface area contributed by atoms with Gasteiger partial charge in [0.05, 0.1) is 18.6 Å². The number of aliphatic hydroxyl groups excluding tert-OH is 3. The molecule has 3 N–H and O–H groups in total. The van der Waals surface area contributed by atoms with Crippen LogP contribution in [0.2, 0.25) is 0 Å². The molecule has 0 aliphatic heterocycles. The maximum absolute atomic E-state index is 8.17. The van der Waals surface area contributed by atoms with Crippen LogP contribution in [-0.4, -0.2) is 51.8 Å². The molecule has 6 heteroatoms. The van der Waals surface area contributed by atoms with Gasteiger partial charge in [-0.15, -0.1) is 34.8 Å². The first kappa shape index (κ1) is 15.2. The molecule has 0 saturated heterocycles. The lowest BCUT2D eigenvalue weighted by atomic mass is 10.4. The quantitative estimate of drug-likeness (QED) is 0.623. The topological polar surface area (TPSA) is 60.7 Å². The van der Waals surface area contributed by atoms with Crippen LogP contribution in [0.25, 0.3) is 0 Å². The molecular formula is C6H13Cl3O3. The highest BCUT2D eigenvalue weighted by Crippen LogP contribution is 1.99. The van der Waals surface area contributed by atoms with Gasteiger partial charge in [-0.05, 0) is 0 Å². The van der Waals surface area contributed by atoms with Crippen molar-refractivity contribution >= 4 is 34.8 Å². The molecule has 0 amide bonds. The number of alkyl halides is 3. The van der Waals surface area contributed by atoms with E-state index in [9.17, 15) is 0 Å². The first-order valence-electron chi connectivity index (χ1n) is 3.28. The summed E-state index contributed by atoms with van der Waals surface area (Å²) < 4.78 is 0. The Balaban J connectivity index is 0. The van der Waals surface area contributed by atoms with E-state index in [4.69, 9.17) is 50.1 Å². The second-order valence-corrected chi connectivity index (χ2v) is 3.16. The summed E-state index contributed by atoms with van der Waals surface area (Å²) in [6.07, 6.45) is -0.954. The second-order valence-electron chi connectivity index (χ2n) is 1.92. The first-order chi connectivity index (χ1) is 5.62. The number of halogens is 3. The van der Waals surface area contributed by atoms with Crippen molar-refractivity contribution in [1.29, 1.82) is 0 Å². The Morgan fingerprint density at radius 3 is 1.33 bits per heavy atom. The molecule has 0 aliphatic carbocycles. The maximum atomic E-state index is 8.17. The van der Waals surface area contributed by atoms with E-state index in [1.807, 2.05) is 0 Å². The van der Waals surface area contributed by atoms with Gasteiger partial charge in [-0.2, -0.15) is 0 Å². The Hall–Kier alpha value is 0.750. The molecule has 0 spiro atoms. The molecule has 0 aromatic carbocycles. The fourth-order valence-corrected chi connectivity index (χ4v) is 0.429. The zero-order valence-corrected chi connectivity index (χ0v) is 8.73. The van der Waals surface area contributed by atoms with Crippen LogP contribution in [0.5, 0.6) is 0 Å². The van der Waals surface area contributed by atoms with Crippen molar-refractivity contribution in [1.82, 2.24) is 0 Å². The Morgan fingerprint density at radius 2 is 1.33 bits per heavy atom. The minimum Gasteiger partial charge on any atom is -0.394 e. The van der Waals surface area contributed by atoms with Crippen LogP contribution in [0, 0.1) is 0 Å². The average molecular weight is 240 g/mol. The first-order valence-corrected chi connectivity index (χ1v) is 4.78. The van der Waals surface area contributed by atoms with Gasteiger partial charge in [0.1, 0.15) is 6.10 Å². The van der Waals surface area contributed by atoms with Crippen LogP contribution < -0.4 is 0 Å². The monoisotopic (exact) mass is 238 g/mol. The van der Waals surface area contributed by atoms with Gasteiger partial charge < -0.3 is 15.3 Å². The van der Waals surface area contributed by atoms with Crippen molar-refractivity contribution in [2.24, 2.45) is 0 Å². The largest absolute Gasteiger partial charge is 0.394 e. The van der Waals surface area contributed by atoms with Crippen LogP contribution in [0.1, 0.15) is 0 Å². The Kier molecular flexibility index (Phi) is 14.9. The smallest absolute Gasteiger partial charge is 0.100 e. The maximum Gasteiger partial charge on any atom is 0.100 e. The third kappa shape index (κ3) is 13.3. The molecule has 0 aromatic rings. The minimum absolute atomic E-state index is 0.0617. The van der Waals surface area contributed by atoms with Crippen LogP contribution >= 0.6 is 34.8 Å². The summed E-state index contributed by atoms with van der Waals surface area (Å²) >= 11 is 15.9. The Labute approximate surface area is 86.9 Å². The van der Waals surface area contributed by atoms with Gasteiger partial charge in [-0.25, -0.2) is 0 Å². The van der Waals surface area contributed by atoms with Crippen molar-refractivity contribution in [3.05, 3.63) is 0 Å². The molecule has 0 radical (unpaired) electrons. The van der Waals surface area contributed by atoms with Gasteiger partial charge in [-0.3, -0.25) is 0 Å². The standard InChI is InChI=1S/C3H5Cl3.C3H8O3/c2*4-1-3(6)2-5/h3H,1-2H2;3-6H,1-2H2. The molecule has 0 unspecified atom stereocenters. The van der Waals surface area contributed by atoms with E-state index in [0.29, 0.717) is 11.8 Å². The summed E-state index contributed by atoms with van der Waals surface area (Å²) in [5, 5.41) is 24.0. The third-order valence-corrected chi connectivity index (χ3v) is 2.13. The van der Waals surface area contributed by atoms with Crippen LogP contribution in [0.4, 0.5) is 0 Å². The van der Waals surface area contributed by atoms with Crippen LogP contribution in [-0.2, 0) is 0 Å². The molecular weight excluding hydrogens is 226 g/mol. The molecule has 0 fully saturated rings. The fraction of sp³-hybridized carbons (Fsp3) is 1.00. The molecule has 0 rings (SSSR count). The summed E-state index contributed by atoms with van der Waals surface area (Å²) in [6.45, 7) is -0.729. The molecule has 0 atom stereocenters. The van der Waals surface area contributed by atoms with E-state index in [-0.39, 0.29) is 18.6 Å². The lowest BCUT2D eigenvalue weighted by Crippen LogP contribution is -2.15. The van der Waals surface area contributed by atoms with E-state index in [1.54, 1.807) is 0 Å². The Morgan fingerprint density at radius 1 is 1.00 bits per heavy atom. The summed E-state index contributed by atoms with van der Waals surface area (Å²) in [5.74, 6) is 0.871. The fourth-order valence-electron chi connectivity index (χ4n) is 0.0990. The van der Waals surface area contributed by atoms with Gasteiger partial charge in [-0.1, -0.05) is 0 Å². The molecule has 0 heterocycles. The van der Waals surface area contributed by atoms with Crippen LogP contribution in [0.15, 0.2) is 0 Å². The lowest BCUT2D eigenvalue weighted by Gasteiger charge is -1.96. The number of hydrogen-bond donors (Lipinski definition) is 3. The van der Waals surface area contributed by atoms with Crippen LogP contribution in [0.3, 0.4) is 0 Å². The van der Waals surface area contributed by atoms with Crippen molar-refractivity contribution in [3.63, 3.8) is 0 Å². The highest BCUT2D eigenvalue weighted by Gasteiger charge is 1.95. The van der Waals surface area contributed by atoms with E-state index in [1.165, 1.54) is 0 Å². The molecule has 0 bridgehead atoms. The zero-order chi connectivity index (χ0) is 9.98. The molecule has 0 aliphatic rings. The van der Waals surface area contributed by atoms with Crippen molar-refractivity contribution < 1.29 is 15.3 Å². The molecule has 12 heavy (non-hydrogen) atoms. The van der Waals surface area contributed by atoms with Gasteiger partial charge in [0, 0.05) is 11.8 Å². The molecule has 3 nitrogen and oxygen atoms in total. The zero-order valence-electron chi connectivity index (χ0n) is 6.46. The van der Waals surface area contributed by atoms with Gasteiger partial charge >= 0.3 is 0 Å². The average Bonchev–Trinajstić information content (AvgIpc) is 2.16. The summed E-state index contributed by atoms with van der Waals surface area (Å²) in [7, 11) is 0.